The first kappa shape index (κ1) is 14.4. The number of likely N-dealkylation sites (N-methyl/N-ethyl adjacent to an activating group) is 1. The highest BCUT2D eigenvalue weighted by molar-refractivity contribution is 5.81. The molecule has 1 amide bonds. The van der Waals surface area contributed by atoms with Crippen molar-refractivity contribution < 1.29 is 4.79 Å². The van der Waals surface area contributed by atoms with E-state index in [-0.39, 0.29) is 5.91 Å². The normalized spacial score (nSPS) is 22.8. The summed E-state index contributed by atoms with van der Waals surface area (Å²) < 4.78 is 0. The van der Waals surface area contributed by atoms with E-state index >= 15 is 0 Å². The van der Waals surface area contributed by atoms with Crippen LogP contribution in [0.5, 0.6) is 0 Å². The number of piperidine rings is 1. The van der Waals surface area contributed by atoms with Gasteiger partial charge in [-0.05, 0) is 47.3 Å². The maximum Gasteiger partial charge on any atom is 0.240 e. The van der Waals surface area contributed by atoms with Crippen LogP contribution in [0, 0.1) is 5.41 Å². The minimum absolute atomic E-state index is 0.0931. The van der Waals surface area contributed by atoms with Gasteiger partial charge in [0.1, 0.15) is 0 Å². The first-order chi connectivity index (χ1) is 7.86. The minimum Gasteiger partial charge on any atom is -0.305 e. The van der Waals surface area contributed by atoms with Crippen molar-refractivity contribution in [3.63, 3.8) is 0 Å². The molecule has 0 aromatic carbocycles. The van der Waals surface area contributed by atoms with Crippen LogP contribution in [0.25, 0.3) is 0 Å². The lowest BCUT2D eigenvalue weighted by atomic mass is 9.90. The van der Waals surface area contributed by atoms with Crippen molar-refractivity contribution in [1.29, 1.82) is 0 Å². The second-order valence-corrected chi connectivity index (χ2v) is 5.85. The summed E-state index contributed by atoms with van der Waals surface area (Å²) in [5.74, 6) is 5.12. The number of nitrogens with one attached hydrogen (secondary N) is 1. The number of hydrazine groups is 1. The fourth-order valence-electron chi connectivity index (χ4n) is 2.42. The van der Waals surface area contributed by atoms with Crippen LogP contribution in [0.1, 0.15) is 26.7 Å². The average molecular weight is 242 g/mol. The van der Waals surface area contributed by atoms with Crippen LogP contribution in [0.2, 0.25) is 0 Å². The molecule has 0 aromatic heterocycles. The largest absolute Gasteiger partial charge is 0.305 e. The molecule has 1 atom stereocenters. The third kappa shape index (κ3) is 3.94. The van der Waals surface area contributed by atoms with Crippen molar-refractivity contribution in [2.24, 2.45) is 11.3 Å². The molecule has 0 aromatic rings. The summed E-state index contributed by atoms with van der Waals surface area (Å²) in [6, 6.07) is 0.598. The van der Waals surface area contributed by atoms with Gasteiger partial charge in [-0.3, -0.25) is 10.2 Å². The molecule has 5 nitrogen and oxygen atoms in total. The summed E-state index contributed by atoms with van der Waals surface area (Å²) in [5, 5.41) is 0. The summed E-state index contributed by atoms with van der Waals surface area (Å²) in [6.45, 7) is 6.75. The van der Waals surface area contributed by atoms with E-state index in [0.717, 1.165) is 19.6 Å². The van der Waals surface area contributed by atoms with Gasteiger partial charge in [-0.2, -0.15) is 0 Å². The van der Waals surface area contributed by atoms with Gasteiger partial charge in [-0.15, -0.1) is 0 Å². The van der Waals surface area contributed by atoms with E-state index in [1.807, 2.05) is 13.8 Å². The molecule has 1 unspecified atom stereocenters. The Morgan fingerprint density at radius 3 is 2.71 bits per heavy atom. The fourth-order valence-corrected chi connectivity index (χ4v) is 2.42. The Balaban J connectivity index is 2.54. The van der Waals surface area contributed by atoms with E-state index < -0.39 is 5.41 Å². The third-order valence-electron chi connectivity index (χ3n) is 3.58. The van der Waals surface area contributed by atoms with Gasteiger partial charge in [0.2, 0.25) is 5.91 Å². The number of rotatable bonds is 4. The third-order valence-corrected chi connectivity index (χ3v) is 3.58. The van der Waals surface area contributed by atoms with Gasteiger partial charge in [0, 0.05) is 19.1 Å². The molecule has 5 heteroatoms. The minimum atomic E-state index is -0.428. The van der Waals surface area contributed by atoms with Gasteiger partial charge in [-0.25, -0.2) is 5.84 Å². The molecule has 1 aliphatic rings. The van der Waals surface area contributed by atoms with E-state index in [1.165, 1.54) is 12.8 Å². The molecule has 1 aliphatic heterocycles. The van der Waals surface area contributed by atoms with Gasteiger partial charge in [0.25, 0.3) is 0 Å². The van der Waals surface area contributed by atoms with E-state index in [1.54, 1.807) is 0 Å². The Labute approximate surface area is 104 Å². The number of hydrogen-bond donors (Lipinski definition) is 2. The first-order valence-corrected chi connectivity index (χ1v) is 6.26. The number of amides is 1. The first-order valence-electron chi connectivity index (χ1n) is 6.26. The van der Waals surface area contributed by atoms with Gasteiger partial charge in [0.15, 0.2) is 0 Å². The molecule has 17 heavy (non-hydrogen) atoms. The van der Waals surface area contributed by atoms with Crippen LogP contribution in [0.15, 0.2) is 0 Å². The van der Waals surface area contributed by atoms with Crippen molar-refractivity contribution in [2.75, 3.05) is 33.7 Å². The Morgan fingerprint density at radius 2 is 2.18 bits per heavy atom. The predicted molar refractivity (Wildman–Crippen MR) is 69.3 cm³/mol. The molecule has 1 saturated heterocycles. The van der Waals surface area contributed by atoms with Crippen LogP contribution >= 0.6 is 0 Å². The van der Waals surface area contributed by atoms with Crippen LogP contribution < -0.4 is 11.3 Å². The van der Waals surface area contributed by atoms with Crippen molar-refractivity contribution in [3.8, 4) is 0 Å². The van der Waals surface area contributed by atoms with E-state index in [9.17, 15) is 4.79 Å². The number of nitrogens with two attached hydrogens (primary N) is 1. The molecular formula is C12H26N4O. The molecule has 1 heterocycles. The maximum absolute atomic E-state index is 11.6. The Hall–Kier alpha value is -0.650. The second-order valence-electron chi connectivity index (χ2n) is 5.85. The zero-order valence-corrected chi connectivity index (χ0v) is 11.5. The van der Waals surface area contributed by atoms with E-state index in [2.05, 4.69) is 29.3 Å². The second kappa shape index (κ2) is 5.80. The molecule has 100 valence electrons. The number of carbonyl (C=O) groups excluding carboxylic acids is 1. The predicted octanol–water partition coefficient (Wildman–Crippen LogP) is 0.0285. The van der Waals surface area contributed by atoms with Crippen LogP contribution in [0.3, 0.4) is 0 Å². The molecule has 0 radical (unpaired) electrons. The highest BCUT2D eigenvalue weighted by Crippen LogP contribution is 2.21. The van der Waals surface area contributed by atoms with Crippen molar-refractivity contribution >= 4 is 5.91 Å². The SMILES string of the molecule is CN(C)C1CCCN(CC(C)(C)C(=O)NN)C1. The zero-order valence-electron chi connectivity index (χ0n) is 11.5. The van der Waals surface area contributed by atoms with Gasteiger partial charge in [0.05, 0.1) is 5.41 Å². The molecule has 1 rings (SSSR count). The van der Waals surface area contributed by atoms with E-state index in [0.29, 0.717) is 6.04 Å². The Morgan fingerprint density at radius 1 is 1.53 bits per heavy atom. The van der Waals surface area contributed by atoms with Crippen LogP contribution in [-0.2, 0) is 4.79 Å². The molecule has 1 fully saturated rings. The lowest BCUT2D eigenvalue weighted by Gasteiger charge is -2.39. The Bertz CT molecular complexity index is 265. The number of nitrogens with zero attached hydrogens (tertiary/aromatic N) is 2. The van der Waals surface area contributed by atoms with Gasteiger partial charge < -0.3 is 9.80 Å². The quantitative estimate of drug-likeness (QED) is 0.415. The van der Waals surface area contributed by atoms with Gasteiger partial charge >= 0.3 is 0 Å². The summed E-state index contributed by atoms with van der Waals surface area (Å²) >= 11 is 0. The van der Waals surface area contributed by atoms with Crippen LogP contribution in [-0.4, -0.2) is 55.5 Å². The van der Waals surface area contributed by atoms with E-state index in [4.69, 9.17) is 5.84 Å². The highest BCUT2D eigenvalue weighted by atomic mass is 16.2. The number of likely N-dealkylation sites (tertiary alicyclic amines) is 1. The number of hydrogen-bond acceptors (Lipinski definition) is 4. The fraction of sp³-hybridized carbons (Fsp3) is 0.917. The molecule has 0 spiro atoms. The van der Waals surface area contributed by atoms with Gasteiger partial charge in [-0.1, -0.05) is 0 Å². The van der Waals surface area contributed by atoms with Crippen LogP contribution in [0.4, 0.5) is 0 Å². The standard InChI is InChI=1S/C12H26N4O/c1-12(2,11(17)14-13)9-16-7-5-6-10(8-16)15(3)4/h10H,5-9,13H2,1-4H3,(H,14,17). The summed E-state index contributed by atoms with van der Waals surface area (Å²) in [7, 11) is 4.23. The summed E-state index contributed by atoms with van der Waals surface area (Å²) in [4.78, 5) is 16.3. The lowest BCUT2D eigenvalue weighted by molar-refractivity contribution is -0.130. The topological polar surface area (TPSA) is 61.6 Å². The Kier molecular flexibility index (Phi) is 4.91. The van der Waals surface area contributed by atoms with Crippen molar-refractivity contribution in [2.45, 2.75) is 32.7 Å². The summed E-state index contributed by atoms with van der Waals surface area (Å²) in [6.07, 6.45) is 2.44. The lowest BCUT2D eigenvalue weighted by Crippen LogP contribution is -2.52. The molecule has 0 bridgehead atoms. The smallest absolute Gasteiger partial charge is 0.240 e. The van der Waals surface area contributed by atoms with Crippen molar-refractivity contribution in [1.82, 2.24) is 15.2 Å². The summed E-state index contributed by atoms with van der Waals surface area (Å²) in [5.41, 5.74) is 1.83. The number of carbonyl (C=O) groups is 1. The molecule has 0 saturated carbocycles. The highest BCUT2D eigenvalue weighted by Gasteiger charge is 2.31. The molecular weight excluding hydrogens is 216 g/mol. The monoisotopic (exact) mass is 242 g/mol. The molecule has 3 N–H and O–H groups in total. The molecule has 0 aliphatic carbocycles. The zero-order chi connectivity index (χ0) is 13.1. The average Bonchev–Trinajstić information content (AvgIpc) is 2.27. The van der Waals surface area contributed by atoms with Crippen molar-refractivity contribution in [3.05, 3.63) is 0 Å². The maximum atomic E-state index is 11.6.